The number of ketones is 2. The minimum absolute atomic E-state index is 0.000891. The second kappa shape index (κ2) is 5.66. The third kappa shape index (κ3) is 2.45. The molecule has 0 N–H and O–H groups in total. The van der Waals surface area contributed by atoms with E-state index in [1.54, 1.807) is 0 Å². The van der Waals surface area contributed by atoms with Crippen LogP contribution in [-0.4, -0.2) is 11.6 Å². The first-order chi connectivity index (χ1) is 11.6. The highest BCUT2D eigenvalue weighted by molar-refractivity contribution is 6.03. The predicted molar refractivity (Wildman–Crippen MR) is 98.5 cm³/mol. The number of allylic oxidation sites excluding steroid dienone is 4. The number of carbonyl (C=O) groups is 2. The highest BCUT2D eigenvalue weighted by Crippen LogP contribution is 2.64. The Kier molecular flexibility index (Phi) is 4.10. The average Bonchev–Trinajstić information content (AvgIpc) is 2.53. The van der Waals surface area contributed by atoms with Gasteiger partial charge in [-0.1, -0.05) is 52.7 Å². The molecule has 0 aliphatic heterocycles. The van der Waals surface area contributed by atoms with Crippen LogP contribution in [0.2, 0.25) is 0 Å². The van der Waals surface area contributed by atoms with E-state index in [4.69, 9.17) is 6.57 Å². The fourth-order valence-electron chi connectivity index (χ4n) is 5.98. The summed E-state index contributed by atoms with van der Waals surface area (Å²) in [4.78, 5) is 29.0. The fourth-order valence-corrected chi connectivity index (χ4v) is 5.98. The highest BCUT2D eigenvalue weighted by atomic mass is 16.1. The van der Waals surface area contributed by atoms with Gasteiger partial charge in [0.25, 0.3) is 0 Å². The standard InChI is InChI=1S/C22H29NO2/c1-7-8-14-12-21(4)10-9-17-20(2,3)19(25)15(23-6)13-22(17,5)18(21)11-16(14)24/h11,13-14,17H,7-10,12H2,1-5H3/t14-,17+,21+,22+/m1/s1. The van der Waals surface area contributed by atoms with Crippen molar-refractivity contribution in [1.82, 2.24) is 0 Å². The van der Waals surface area contributed by atoms with Crippen LogP contribution in [0.1, 0.15) is 66.7 Å². The number of Topliss-reactive ketones (excluding diaryl/α,β-unsaturated/α-hetero) is 1. The van der Waals surface area contributed by atoms with Gasteiger partial charge in [-0.15, -0.1) is 0 Å². The van der Waals surface area contributed by atoms with Crippen LogP contribution in [0.4, 0.5) is 0 Å². The van der Waals surface area contributed by atoms with Crippen LogP contribution in [0, 0.1) is 34.7 Å². The van der Waals surface area contributed by atoms with E-state index in [1.807, 2.05) is 26.0 Å². The molecule has 0 unspecified atom stereocenters. The van der Waals surface area contributed by atoms with Crippen molar-refractivity contribution in [3.8, 4) is 0 Å². The Bertz CT molecular complexity index is 736. The second-order valence-electron chi connectivity index (χ2n) is 9.28. The van der Waals surface area contributed by atoms with Crippen LogP contribution in [0.15, 0.2) is 23.4 Å². The van der Waals surface area contributed by atoms with Gasteiger partial charge >= 0.3 is 0 Å². The molecule has 0 bridgehead atoms. The first-order valence-corrected chi connectivity index (χ1v) is 9.52. The molecule has 0 amide bonds. The Hall–Kier alpha value is -1.69. The minimum atomic E-state index is -0.561. The fraction of sp³-hybridized carbons (Fsp3) is 0.682. The van der Waals surface area contributed by atoms with Gasteiger partial charge in [-0.05, 0) is 43.1 Å². The summed E-state index contributed by atoms with van der Waals surface area (Å²) < 4.78 is 0. The predicted octanol–water partition coefficient (Wildman–Crippen LogP) is 5.14. The van der Waals surface area contributed by atoms with Gasteiger partial charge in [0.15, 0.2) is 11.6 Å². The zero-order valence-electron chi connectivity index (χ0n) is 16.1. The van der Waals surface area contributed by atoms with E-state index in [-0.39, 0.29) is 39.9 Å². The maximum atomic E-state index is 12.8. The van der Waals surface area contributed by atoms with Crippen molar-refractivity contribution in [2.24, 2.45) is 28.1 Å². The van der Waals surface area contributed by atoms with Gasteiger partial charge in [0.1, 0.15) is 0 Å². The van der Waals surface area contributed by atoms with Gasteiger partial charge in [0, 0.05) is 16.7 Å². The molecule has 0 aromatic heterocycles. The number of hydrogen-bond donors (Lipinski definition) is 0. The lowest BCUT2D eigenvalue weighted by atomic mass is 9.45. The van der Waals surface area contributed by atoms with E-state index in [9.17, 15) is 9.59 Å². The zero-order chi connectivity index (χ0) is 18.6. The van der Waals surface area contributed by atoms with Crippen molar-refractivity contribution < 1.29 is 9.59 Å². The van der Waals surface area contributed by atoms with Crippen LogP contribution in [0.5, 0.6) is 0 Å². The molecule has 1 saturated carbocycles. The topological polar surface area (TPSA) is 38.5 Å². The molecule has 4 atom stereocenters. The smallest absolute Gasteiger partial charge is 0.226 e. The van der Waals surface area contributed by atoms with Gasteiger partial charge in [-0.25, -0.2) is 4.85 Å². The molecular formula is C22H29NO2. The Balaban J connectivity index is 2.17. The van der Waals surface area contributed by atoms with E-state index in [2.05, 4.69) is 25.6 Å². The highest BCUT2D eigenvalue weighted by Gasteiger charge is 2.59. The molecule has 25 heavy (non-hydrogen) atoms. The number of fused-ring (bicyclic) bond motifs is 3. The maximum absolute atomic E-state index is 12.8. The summed E-state index contributed by atoms with van der Waals surface area (Å²) in [6.45, 7) is 18.0. The number of nitrogens with zero attached hydrogens (tertiary/aromatic N) is 1. The molecule has 134 valence electrons. The van der Waals surface area contributed by atoms with Crippen LogP contribution in [-0.2, 0) is 9.59 Å². The molecule has 1 fully saturated rings. The third-order valence-electron chi connectivity index (χ3n) is 7.21. The van der Waals surface area contributed by atoms with Crippen LogP contribution in [0.3, 0.4) is 0 Å². The molecular weight excluding hydrogens is 310 g/mol. The van der Waals surface area contributed by atoms with Crippen molar-refractivity contribution in [2.75, 3.05) is 0 Å². The average molecular weight is 339 g/mol. The summed E-state index contributed by atoms with van der Waals surface area (Å²) in [6, 6.07) is 0. The van der Waals surface area contributed by atoms with Crippen molar-refractivity contribution in [3.05, 3.63) is 34.8 Å². The normalized spacial score (nSPS) is 39.7. The third-order valence-corrected chi connectivity index (χ3v) is 7.21. The summed E-state index contributed by atoms with van der Waals surface area (Å²) in [5.41, 5.74) is 0.470. The SMILES string of the molecule is [C-]#[N+]C1=C[C@]2(C)C3=CC(=O)[C@H](CCC)C[C@]3(C)CC[C@H]2C(C)(C)C1=O. The molecule has 3 aliphatic carbocycles. The van der Waals surface area contributed by atoms with Gasteiger partial charge in [0.05, 0.1) is 6.57 Å². The van der Waals surface area contributed by atoms with Gasteiger partial charge in [-0.2, -0.15) is 0 Å². The first-order valence-electron chi connectivity index (χ1n) is 9.52. The summed E-state index contributed by atoms with van der Waals surface area (Å²) in [5, 5.41) is 0. The maximum Gasteiger partial charge on any atom is 0.226 e. The van der Waals surface area contributed by atoms with Crippen molar-refractivity contribution in [2.45, 2.75) is 66.7 Å². The molecule has 0 heterocycles. The van der Waals surface area contributed by atoms with E-state index in [0.717, 1.165) is 37.7 Å². The molecule has 0 spiro atoms. The second-order valence-corrected chi connectivity index (χ2v) is 9.28. The Labute approximate surface area is 151 Å². The lowest BCUT2D eigenvalue weighted by Gasteiger charge is -2.58. The molecule has 0 saturated heterocycles. The number of carbonyl (C=O) groups excluding carboxylic acids is 2. The van der Waals surface area contributed by atoms with Crippen molar-refractivity contribution in [3.63, 3.8) is 0 Å². The number of hydrogen-bond acceptors (Lipinski definition) is 2. The summed E-state index contributed by atoms with van der Waals surface area (Å²) in [6.07, 6.45) is 8.64. The summed E-state index contributed by atoms with van der Waals surface area (Å²) in [5.74, 6) is 0.470. The van der Waals surface area contributed by atoms with Crippen LogP contribution in [0.25, 0.3) is 4.85 Å². The van der Waals surface area contributed by atoms with Crippen LogP contribution >= 0.6 is 0 Å². The summed E-state index contributed by atoms with van der Waals surface area (Å²) >= 11 is 0. The van der Waals surface area contributed by atoms with Crippen molar-refractivity contribution >= 4 is 11.6 Å². The monoisotopic (exact) mass is 339 g/mol. The van der Waals surface area contributed by atoms with E-state index in [1.165, 1.54) is 0 Å². The van der Waals surface area contributed by atoms with E-state index >= 15 is 0 Å². The minimum Gasteiger partial charge on any atom is -0.307 e. The lowest BCUT2D eigenvalue weighted by molar-refractivity contribution is -0.131. The Morgan fingerprint density at radius 3 is 2.52 bits per heavy atom. The molecule has 0 aromatic carbocycles. The Morgan fingerprint density at radius 1 is 1.24 bits per heavy atom. The van der Waals surface area contributed by atoms with E-state index in [0.29, 0.717) is 0 Å². The van der Waals surface area contributed by atoms with Gasteiger partial charge in [0.2, 0.25) is 5.70 Å². The first kappa shape index (κ1) is 18.1. The number of rotatable bonds is 2. The molecule has 3 heteroatoms. The van der Waals surface area contributed by atoms with Crippen molar-refractivity contribution in [1.29, 1.82) is 0 Å². The molecule has 3 nitrogen and oxygen atoms in total. The quantitative estimate of drug-likeness (QED) is 0.654. The van der Waals surface area contributed by atoms with Gasteiger partial charge < -0.3 is 4.79 Å². The summed E-state index contributed by atoms with van der Waals surface area (Å²) in [7, 11) is 0. The Morgan fingerprint density at radius 2 is 1.92 bits per heavy atom. The molecule has 3 aliphatic rings. The molecule has 3 rings (SSSR count). The molecule has 0 aromatic rings. The lowest BCUT2D eigenvalue weighted by Crippen LogP contribution is -2.54. The van der Waals surface area contributed by atoms with E-state index < -0.39 is 5.41 Å². The molecule has 0 radical (unpaired) electrons. The van der Waals surface area contributed by atoms with Crippen LogP contribution < -0.4 is 0 Å². The van der Waals surface area contributed by atoms with Gasteiger partial charge in [-0.3, -0.25) is 4.79 Å². The zero-order valence-corrected chi connectivity index (χ0v) is 16.1. The largest absolute Gasteiger partial charge is 0.307 e.